The van der Waals surface area contributed by atoms with Crippen molar-refractivity contribution in [2.45, 2.75) is 0 Å². The molecular weight excluding hydrogens is 457 g/mol. The predicted octanol–water partition coefficient (Wildman–Crippen LogP) is 8.05. The first kappa shape index (κ1) is 20.3. The summed E-state index contributed by atoms with van der Waals surface area (Å²) in [5.41, 5.74) is 10.6. The molecule has 0 spiro atoms. The Morgan fingerprint density at radius 2 is 0.947 bits per heavy atom. The van der Waals surface area contributed by atoms with Gasteiger partial charge in [0.2, 0.25) is 0 Å². The van der Waals surface area contributed by atoms with Crippen LogP contribution in [0, 0.1) is 0 Å². The van der Waals surface area contributed by atoms with Crippen molar-refractivity contribution < 1.29 is 0 Å². The van der Waals surface area contributed by atoms with Crippen LogP contribution in [0.5, 0.6) is 0 Å². The first-order valence-electron chi connectivity index (χ1n) is 13.3. The second-order valence-electron chi connectivity index (χ2n) is 10.5. The molecule has 0 saturated carbocycles. The van der Waals surface area contributed by atoms with E-state index in [0.29, 0.717) is 0 Å². The second kappa shape index (κ2) is 7.37. The first-order valence-corrected chi connectivity index (χ1v) is 13.3. The van der Waals surface area contributed by atoms with Gasteiger partial charge < -0.3 is 4.81 Å². The molecule has 0 aromatic heterocycles. The van der Waals surface area contributed by atoms with Crippen molar-refractivity contribution in [2.24, 2.45) is 0 Å². The van der Waals surface area contributed by atoms with Gasteiger partial charge in [0, 0.05) is 22.5 Å². The van der Waals surface area contributed by atoms with E-state index >= 15 is 0 Å². The molecule has 2 heterocycles. The van der Waals surface area contributed by atoms with Crippen LogP contribution in [-0.4, -0.2) is 6.85 Å². The molecule has 0 aliphatic carbocycles. The summed E-state index contributed by atoms with van der Waals surface area (Å²) >= 11 is 0. The number of nitrogens with zero attached hydrogens (tertiary/aromatic N) is 1. The van der Waals surface area contributed by atoms with Crippen LogP contribution in [-0.2, 0) is 0 Å². The molecule has 0 amide bonds. The van der Waals surface area contributed by atoms with Gasteiger partial charge in [-0.3, -0.25) is 0 Å². The topological polar surface area (TPSA) is 3.24 Å². The normalized spacial score (nSPS) is 13.2. The van der Waals surface area contributed by atoms with E-state index in [1.807, 2.05) is 0 Å². The third-order valence-electron chi connectivity index (χ3n) is 8.58. The molecule has 0 N–H and O–H groups in total. The fraction of sp³-hybridized carbons (Fsp3) is 0. The quantitative estimate of drug-likeness (QED) is 0.199. The highest BCUT2D eigenvalue weighted by Gasteiger charge is 2.42. The van der Waals surface area contributed by atoms with Gasteiger partial charge in [0.1, 0.15) is 0 Å². The van der Waals surface area contributed by atoms with E-state index in [1.54, 1.807) is 0 Å². The molecule has 2 heteroatoms. The SMILES string of the molecule is c1ccc2c(c1)B1c3ccc4ccccc4c3-c3cc4ccccc4cc3N1c1cc3ccccc3cc1-2. The van der Waals surface area contributed by atoms with Gasteiger partial charge in [0.15, 0.2) is 0 Å². The molecule has 174 valence electrons. The molecule has 0 fully saturated rings. The summed E-state index contributed by atoms with van der Waals surface area (Å²) in [6.07, 6.45) is 0. The molecule has 7 aromatic rings. The molecule has 0 saturated heterocycles. The van der Waals surface area contributed by atoms with Crippen LogP contribution in [0.25, 0.3) is 54.6 Å². The number of benzene rings is 7. The molecule has 0 unspecified atom stereocenters. The van der Waals surface area contributed by atoms with Crippen molar-refractivity contribution in [3.63, 3.8) is 0 Å². The van der Waals surface area contributed by atoms with E-state index < -0.39 is 0 Å². The highest BCUT2D eigenvalue weighted by atomic mass is 15.1. The van der Waals surface area contributed by atoms with E-state index in [9.17, 15) is 0 Å². The average molecular weight is 479 g/mol. The fourth-order valence-electron chi connectivity index (χ4n) is 6.92. The Kier molecular flexibility index (Phi) is 3.93. The maximum absolute atomic E-state index is 2.61. The van der Waals surface area contributed by atoms with Crippen LogP contribution in [0.15, 0.2) is 133 Å². The summed E-state index contributed by atoms with van der Waals surface area (Å²) in [7, 11) is 0. The lowest BCUT2D eigenvalue weighted by atomic mass is 9.43. The summed E-state index contributed by atoms with van der Waals surface area (Å²) < 4.78 is 0. The van der Waals surface area contributed by atoms with Crippen LogP contribution in [0.2, 0.25) is 0 Å². The minimum atomic E-state index is 0.105. The highest BCUT2D eigenvalue weighted by Crippen LogP contribution is 2.49. The van der Waals surface area contributed by atoms with E-state index in [-0.39, 0.29) is 6.85 Å². The van der Waals surface area contributed by atoms with E-state index in [1.165, 1.54) is 76.9 Å². The molecule has 0 bridgehead atoms. The zero-order valence-electron chi connectivity index (χ0n) is 20.7. The lowest BCUT2D eigenvalue weighted by Crippen LogP contribution is -2.59. The maximum Gasteiger partial charge on any atom is 0.329 e. The number of hydrogen-bond donors (Lipinski definition) is 0. The summed E-state index contributed by atoms with van der Waals surface area (Å²) in [5, 5.41) is 7.71. The minimum absolute atomic E-state index is 0.105. The molecule has 9 rings (SSSR count). The Balaban J connectivity index is 1.48. The molecule has 1 nitrogen and oxygen atoms in total. The van der Waals surface area contributed by atoms with Crippen molar-refractivity contribution in [2.75, 3.05) is 4.81 Å². The second-order valence-corrected chi connectivity index (χ2v) is 10.5. The van der Waals surface area contributed by atoms with Gasteiger partial charge in [-0.15, -0.1) is 0 Å². The van der Waals surface area contributed by atoms with Crippen LogP contribution in [0.1, 0.15) is 0 Å². The van der Waals surface area contributed by atoms with Gasteiger partial charge in [-0.2, -0.15) is 0 Å². The Labute approximate surface area is 221 Å². The van der Waals surface area contributed by atoms with Crippen LogP contribution in [0.3, 0.4) is 0 Å². The van der Waals surface area contributed by atoms with Crippen molar-refractivity contribution in [3.8, 4) is 22.3 Å². The monoisotopic (exact) mass is 479 g/mol. The summed E-state index contributed by atoms with van der Waals surface area (Å²) in [5.74, 6) is 0. The standard InChI is InChI=1S/C36H22BN/c1-3-12-26-21-34-30(19-24(26)10-1)29-15-7-8-16-32(29)37-33-18-17-23-9-5-6-14-28(23)36(33)31-20-25-11-2-4-13-27(25)22-35(31)38(34)37/h1-22H. The molecular formula is C36H22BN. The largest absolute Gasteiger partial charge is 0.376 e. The minimum Gasteiger partial charge on any atom is -0.376 e. The maximum atomic E-state index is 2.61. The Morgan fingerprint density at radius 1 is 0.395 bits per heavy atom. The third kappa shape index (κ3) is 2.62. The smallest absolute Gasteiger partial charge is 0.329 e. The number of rotatable bonds is 0. The van der Waals surface area contributed by atoms with Crippen LogP contribution < -0.4 is 15.7 Å². The van der Waals surface area contributed by atoms with Gasteiger partial charge in [-0.05, 0) is 78.6 Å². The van der Waals surface area contributed by atoms with Gasteiger partial charge in [-0.1, -0.05) is 109 Å². The number of anilines is 2. The first-order chi connectivity index (χ1) is 18.8. The molecule has 2 aliphatic rings. The van der Waals surface area contributed by atoms with Crippen molar-refractivity contribution in [3.05, 3.63) is 133 Å². The molecule has 38 heavy (non-hydrogen) atoms. The van der Waals surface area contributed by atoms with Crippen molar-refractivity contribution >= 4 is 61.5 Å². The molecule has 2 aliphatic heterocycles. The van der Waals surface area contributed by atoms with Crippen molar-refractivity contribution in [1.29, 1.82) is 0 Å². The zero-order chi connectivity index (χ0) is 24.8. The summed E-state index contributed by atoms with van der Waals surface area (Å²) in [6, 6.07) is 49.6. The van der Waals surface area contributed by atoms with Crippen LogP contribution in [0.4, 0.5) is 11.4 Å². The van der Waals surface area contributed by atoms with Gasteiger partial charge >= 0.3 is 6.85 Å². The van der Waals surface area contributed by atoms with Gasteiger partial charge in [0.05, 0.1) is 0 Å². The fourth-order valence-corrected chi connectivity index (χ4v) is 6.92. The lowest BCUT2D eigenvalue weighted by Gasteiger charge is -2.44. The Bertz CT molecular complexity index is 2110. The van der Waals surface area contributed by atoms with Crippen LogP contribution >= 0.6 is 0 Å². The van der Waals surface area contributed by atoms with Crippen molar-refractivity contribution in [1.82, 2.24) is 0 Å². The van der Waals surface area contributed by atoms with Gasteiger partial charge in [-0.25, -0.2) is 0 Å². The Morgan fingerprint density at radius 3 is 1.68 bits per heavy atom. The highest BCUT2D eigenvalue weighted by molar-refractivity contribution is 6.92. The summed E-state index contributed by atoms with van der Waals surface area (Å²) in [6.45, 7) is 0.105. The van der Waals surface area contributed by atoms with E-state index in [0.717, 1.165) is 0 Å². The number of fused-ring (bicyclic) bond motifs is 15. The molecule has 0 atom stereocenters. The van der Waals surface area contributed by atoms with E-state index in [4.69, 9.17) is 0 Å². The van der Waals surface area contributed by atoms with Gasteiger partial charge in [0.25, 0.3) is 0 Å². The zero-order valence-corrected chi connectivity index (χ0v) is 20.7. The third-order valence-corrected chi connectivity index (χ3v) is 8.58. The summed E-state index contributed by atoms with van der Waals surface area (Å²) in [4.78, 5) is 2.61. The Hall–Kier alpha value is -4.82. The predicted molar refractivity (Wildman–Crippen MR) is 163 cm³/mol. The average Bonchev–Trinajstić information content (AvgIpc) is 2.98. The van der Waals surface area contributed by atoms with E-state index in [2.05, 4.69) is 138 Å². The molecule has 7 aromatic carbocycles. The number of hydrogen-bond acceptors (Lipinski definition) is 1. The molecule has 0 radical (unpaired) electrons. The lowest BCUT2D eigenvalue weighted by molar-refractivity contribution is 1.37.